The number of amides is 4. The minimum absolute atomic E-state index is 0.145. The number of carbonyl (C=O) groups excluding carboxylic acids is 5. The number of rotatable bonds is 16. The fourth-order valence-corrected chi connectivity index (χ4v) is 4.85. The van der Waals surface area contributed by atoms with Crippen LogP contribution < -0.4 is 21.3 Å². The number of Topliss-reactive ketones (excluding diaryl/α,β-unsaturated/α-hetero) is 1. The van der Waals surface area contributed by atoms with E-state index in [0.717, 1.165) is 45.0 Å². The number of hydrogen-bond donors (Lipinski definition) is 5. The third kappa shape index (κ3) is 12.4. The van der Waals surface area contributed by atoms with Crippen molar-refractivity contribution in [1.82, 2.24) is 21.3 Å². The summed E-state index contributed by atoms with van der Waals surface area (Å²) in [7, 11) is 0. The summed E-state index contributed by atoms with van der Waals surface area (Å²) in [5.41, 5.74) is 6.40. The molecule has 0 aliphatic heterocycles. The highest BCUT2D eigenvalue weighted by molar-refractivity contribution is 6.39. The number of hydrogen-bond acceptors (Lipinski definition) is 6. The third-order valence-electron chi connectivity index (χ3n) is 7.64. The Kier molecular flexibility index (Phi) is 13.8. The summed E-state index contributed by atoms with van der Waals surface area (Å²) in [4.78, 5) is 61.2. The molecule has 0 saturated carbocycles. The summed E-state index contributed by atoms with van der Waals surface area (Å²) in [5.74, 6) is -4.14. The topological polar surface area (TPSA) is 154 Å². The number of aliphatic hydroxyl groups is 1. The quantitative estimate of drug-likeness (QED) is 0.0508. The van der Waals surface area contributed by atoms with Gasteiger partial charge in [0.1, 0.15) is 0 Å². The van der Waals surface area contributed by atoms with E-state index < -0.39 is 41.6 Å². The number of allylic oxidation sites excluding steroid dienone is 2. The molecule has 0 spiro atoms. The van der Waals surface area contributed by atoms with Gasteiger partial charge in [-0.2, -0.15) is 0 Å². The van der Waals surface area contributed by atoms with Crippen molar-refractivity contribution in [3.8, 4) is 0 Å². The molecule has 10 nitrogen and oxygen atoms in total. The molecule has 0 atom stereocenters. The Hall–Kier alpha value is -6.29. The lowest BCUT2D eigenvalue weighted by atomic mass is 10.0. The van der Waals surface area contributed by atoms with Gasteiger partial charge in [-0.15, -0.1) is 0 Å². The maximum absolute atomic E-state index is 12.3. The lowest BCUT2D eigenvalue weighted by Gasteiger charge is -2.09. The molecule has 0 fully saturated rings. The van der Waals surface area contributed by atoms with E-state index in [4.69, 9.17) is 0 Å². The van der Waals surface area contributed by atoms with Crippen molar-refractivity contribution in [3.63, 3.8) is 0 Å². The smallest absolute Gasteiger partial charge is 0.288 e. The Labute approximate surface area is 291 Å². The van der Waals surface area contributed by atoms with Gasteiger partial charge in [0.15, 0.2) is 5.76 Å². The van der Waals surface area contributed by atoms with Crippen molar-refractivity contribution in [3.05, 3.63) is 160 Å². The van der Waals surface area contributed by atoms with Gasteiger partial charge < -0.3 is 26.4 Å². The number of aliphatic hydroxyl groups excluding tert-OH is 1. The van der Waals surface area contributed by atoms with E-state index in [1.54, 1.807) is 0 Å². The molecule has 50 heavy (non-hydrogen) atoms. The Morgan fingerprint density at radius 3 is 1.78 bits per heavy atom. The number of benzene rings is 4. The SMILES string of the molecule is C/C(=C\Cc1cccc(CNC(=O)C(=O)CC(=O)NCc2ccccc2)c1)c1cccc(CNC(=O)/C=C(\O)C(=O)NCc2ccccc2)c1. The summed E-state index contributed by atoms with van der Waals surface area (Å²) < 4.78 is 0. The zero-order chi connectivity index (χ0) is 35.7. The minimum atomic E-state index is -0.811. The lowest BCUT2D eigenvalue weighted by Crippen LogP contribution is -2.34. The van der Waals surface area contributed by atoms with Gasteiger partial charge >= 0.3 is 0 Å². The molecule has 0 aliphatic carbocycles. The fourth-order valence-electron chi connectivity index (χ4n) is 4.85. The van der Waals surface area contributed by atoms with Crippen molar-refractivity contribution >= 4 is 35.0 Å². The molecule has 0 radical (unpaired) electrons. The highest BCUT2D eigenvalue weighted by atomic mass is 16.3. The van der Waals surface area contributed by atoms with Crippen LogP contribution in [0.5, 0.6) is 0 Å². The molecule has 0 bridgehead atoms. The van der Waals surface area contributed by atoms with Crippen LogP contribution in [0.25, 0.3) is 5.57 Å². The van der Waals surface area contributed by atoms with Crippen molar-refractivity contribution in [2.24, 2.45) is 0 Å². The number of nitrogens with one attached hydrogen (secondary N) is 4. The first-order chi connectivity index (χ1) is 24.2. The Morgan fingerprint density at radius 1 is 0.580 bits per heavy atom. The summed E-state index contributed by atoms with van der Waals surface area (Å²) in [6, 6.07) is 33.8. The maximum Gasteiger partial charge on any atom is 0.288 e. The summed E-state index contributed by atoms with van der Waals surface area (Å²) in [5, 5.41) is 20.5. The Balaban J connectivity index is 1.22. The van der Waals surface area contributed by atoms with E-state index in [1.807, 2.05) is 116 Å². The van der Waals surface area contributed by atoms with Gasteiger partial charge in [0.05, 0.1) is 12.5 Å². The number of ketones is 1. The summed E-state index contributed by atoms with van der Waals surface area (Å²) in [6.07, 6.45) is 3.03. The monoisotopic (exact) mass is 672 g/mol. The van der Waals surface area contributed by atoms with Crippen LogP contribution in [-0.2, 0) is 56.6 Å². The highest BCUT2D eigenvalue weighted by Crippen LogP contribution is 2.17. The van der Waals surface area contributed by atoms with Crippen LogP contribution in [0.3, 0.4) is 0 Å². The van der Waals surface area contributed by atoms with Crippen LogP contribution in [0.1, 0.15) is 46.7 Å². The molecule has 0 aromatic heterocycles. The zero-order valence-electron chi connectivity index (χ0n) is 27.8. The standard InChI is InChI=1S/C40H40N4O6/c1-28(34-17-9-16-33(21-34)26-42-38(48)23-35(45)39(49)43-25-31-12-6-3-7-13-31)18-19-29-14-8-15-32(20-29)27-44-40(50)36(46)22-37(47)41-24-30-10-4-2-5-11-30/h2-18,20-21,23,45H,19,22,24-27H2,1H3,(H,41,47)(H,42,48)(H,43,49)(H,44,50)/b28-18+,35-23-. The largest absolute Gasteiger partial charge is 0.503 e. The lowest BCUT2D eigenvalue weighted by molar-refractivity contribution is -0.140. The van der Waals surface area contributed by atoms with Crippen LogP contribution in [0, 0.1) is 0 Å². The van der Waals surface area contributed by atoms with Crippen LogP contribution in [0.15, 0.2) is 127 Å². The molecule has 256 valence electrons. The maximum atomic E-state index is 12.3. The predicted molar refractivity (Wildman–Crippen MR) is 191 cm³/mol. The van der Waals surface area contributed by atoms with E-state index in [2.05, 4.69) is 27.3 Å². The molecule has 0 saturated heterocycles. The molecule has 4 rings (SSSR count). The van der Waals surface area contributed by atoms with Gasteiger partial charge in [-0.3, -0.25) is 24.0 Å². The first-order valence-corrected chi connectivity index (χ1v) is 16.1. The fraction of sp³-hybridized carbons (Fsp3) is 0.175. The summed E-state index contributed by atoms with van der Waals surface area (Å²) >= 11 is 0. The van der Waals surface area contributed by atoms with Gasteiger partial charge in [0.25, 0.3) is 11.8 Å². The summed E-state index contributed by atoms with van der Waals surface area (Å²) in [6.45, 7) is 2.83. The average molecular weight is 673 g/mol. The van der Waals surface area contributed by atoms with E-state index in [0.29, 0.717) is 6.42 Å². The first-order valence-electron chi connectivity index (χ1n) is 16.1. The van der Waals surface area contributed by atoms with E-state index in [9.17, 15) is 29.1 Å². The van der Waals surface area contributed by atoms with Crippen molar-refractivity contribution in [2.75, 3.05) is 0 Å². The van der Waals surface area contributed by atoms with Gasteiger partial charge in [-0.1, -0.05) is 109 Å². The average Bonchev–Trinajstić information content (AvgIpc) is 3.14. The van der Waals surface area contributed by atoms with Crippen molar-refractivity contribution in [2.45, 2.75) is 45.9 Å². The Bertz CT molecular complexity index is 1870. The molecule has 0 aliphatic rings. The normalized spacial score (nSPS) is 11.3. The predicted octanol–water partition coefficient (Wildman–Crippen LogP) is 4.60. The molecular formula is C40H40N4O6. The minimum Gasteiger partial charge on any atom is -0.503 e. The van der Waals surface area contributed by atoms with Gasteiger partial charge in [-0.05, 0) is 58.4 Å². The van der Waals surface area contributed by atoms with Crippen LogP contribution in [0.4, 0.5) is 0 Å². The zero-order valence-corrected chi connectivity index (χ0v) is 27.8. The second-order valence-electron chi connectivity index (χ2n) is 11.6. The second-order valence-corrected chi connectivity index (χ2v) is 11.6. The van der Waals surface area contributed by atoms with Crippen LogP contribution >= 0.6 is 0 Å². The first kappa shape index (κ1) is 36.5. The van der Waals surface area contributed by atoms with E-state index >= 15 is 0 Å². The molecular weight excluding hydrogens is 632 g/mol. The molecule has 4 aromatic rings. The van der Waals surface area contributed by atoms with E-state index in [-0.39, 0.29) is 26.2 Å². The molecule has 10 heteroatoms. The van der Waals surface area contributed by atoms with Gasteiger partial charge in [0, 0.05) is 26.2 Å². The molecule has 4 amide bonds. The highest BCUT2D eigenvalue weighted by Gasteiger charge is 2.17. The van der Waals surface area contributed by atoms with Gasteiger partial charge in [-0.25, -0.2) is 0 Å². The van der Waals surface area contributed by atoms with Crippen LogP contribution in [-0.4, -0.2) is 34.5 Å². The molecule has 4 aromatic carbocycles. The van der Waals surface area contributed by atoms with Crippen molar-refractivity contribution in [1.29, 1.82) is 0 Å². The van der Waals surface area contributed by atoms with Crippen LogP contribution in [0.2, 0.25) is 0 Å². The molecule has 5 N–H and O–H groups in total. The molecule has 0 unspecified atom stereocenters. The van der Waals surface area contributed by atoms with Gasteiger partial charge in [0.2, 0.25) is 17.6 Å². The third-order valence-corrected chi connectivity index (χ3v) is 7.64. The van der Waals surface area contributed by atoms with E-state index in [1.165, 1.54) is 0 Å². The van der Waals surface area contributed by atoms with Crippen molar-refractivity contribution < 1.29 is 29.1 Å². The second kappa shape index (κ2) is 18.9. The molecule has 0 heterocycles. The number of carbonyl (C=O) groups is 5. The Morgan fingerprint density at radius 2 is 1.10 bits per heavy atom.